The number of benzene rings is 1. The molecule has 18 heavy (non-hydrogen) atoms. The van der Waals surface area contributed by atoms with Gasteiger partial charge in [-0.1, -0.05) is 15.9 Å². The summed E-state index contributed by atoms with van der Waals surface area (Å²) in [6, 6.07) is 6.13. The molecule has 1 aromatic carbocycles. The molecular formula is C13H16BrN3S. The highest BCUT2D eigenvalue weighted by molar-refractivity contribution is 9.10. The molecule has 0 bridgehead atoms. The fraction of sp³-hybridized carbons (Fsp3) is 0.385. The number of aryl methyl sites for hydroxylation is 1. The molecule has 0 fully saturated rings. The van der Waals surface area contributed by atoms with Crippen molar-refractivity contribution >= 4 is 32.6 Å². The smallest absolute Gasteiger partial charge is 0.203 e. The van der Waals surface area contributed by atoms with Crippen molar-refractivity contribution in [2.45, 2.75) is 33.2 Å². The molecule has 0 aliphatic heterocycles. The Bertz CT molecular complexity index is 558. The number of halogens is 1. The molecule has 0 atom stereocenters. The number of hydrogen-bond donors (Lipinski definition) is 1. The van der Waals surface area contributed by atoms with Gasteiger partial charge in [0.05, 0.1) is 0 Å². The molecule has 0 saturated heterocycles. The van der Waals surface area contributed by atoms with E-state index in [9.17, 15) is 0 Å². The van der Waals surface area contributed by atoms with Crippen LogP contribution in [0.3, 0.4) is 0 Å². The van der Waals surface area contributed by atoms with Crippen LogP contribution in [0.2, 0.25) is 0 Å². The summed E-state index contributed by atoms with van der Waals surface area (Å²) in [7, 11) is 0. The summed E-state index contributed by atoms with van der Waals surface area (Å²) in [5.74, 6) is 0.789. The summed E-state index contributed by atoms with van der Waals surface area (Å²) >= 11 is 4.86. The van der Waals surface area contributed by atoms with E-state index in [4.69, 9.17) is 0 Å². The van der Waals surface area contributed by atoms with Crippen LogP contribution in [0, 0.1) is 6.92 Å². The Morgan fingerprint density at radius 3 is 2.61 bits per heavy atom. The number of nitrogens with zero attached hydrogens (tertiary/aromatic N) is 2. The fourth-order valence-electron chi connectivity index (χ4n) is 1.58. The molecule has 0 spiro atoms. The van der Waals surface area contributed by atoms with E-state index in [1.165, 1.54) is 17.1 Å². The van der Waals surface area contributed by atoms with Gasteiger partial charge in [-0.2, -0.15) is 9.36 Å². The van der Waals surface area contributed by atoms with Crippen molar-refractivity contribution in [2.75, 3.05) is 5.32 Å². The predicted octanol–water partition coefficient (Wildman–Crippen LogP) is 4.49. The minimum absolute atomic E-state index is 0.00552. The van der Waals surface area contributed by atoms with Crippen molar-refractivity contribution in [3.05, 3.63) is 28.2 Å². The Hall–Kier alpha value is -0.940. The first-order chi connectivity index (χ1) is 8.35. The van der Waals surface area contributed by atoms with E-state index in [-0.39, 0.29) is 5.54 Å². The van der Waals surface area contributed by atoms with Crippen LogP contribution in [0.25, 0.3) is 11.4 Å². The van der Waals surface area contributed by atoms with Gasteiger partial charge in [-0.15, -0.1) is 0 Å². The van der Waals surface area contributed by atoms with E-state index in [1.54, 1.807) is 0 Å². The van der Waals surface area contributed by atoms with Crippen molar-refractivity contribution in [3.63, 3.8) is 0 Å². The Balaban J connectivity index is 2.29. The monoisotopic (exact) mass is 325 g/mol. The van der Waals surface area contributed by atoms with Gasteiger partial charge >= 0.3 is 0 Å². The third-order valence-electron chi connectivity index (χ3n) is 2.34. The minimum Gasteiger partial charge on any atom is -0.356 e. The minimum atomic E-state index is 0.00552. The molecule has 0 aliphatic carbocycles. The lowest BCUT2D eigenvalue weighted by molar-refractivity contribution is 0.633. The highest BCUT2D eigenvalue weighted by Crippen LogP contribution is 2.27. The van der Waals surface area contributed by atoms with E-state index in [0.717, 1.165) is 21.0 Å². The van der Waals surface area contributed by atoms with Crippen LogP contribution >= 0.6 is 27.5 Å². The Morgan fingerprint density at radius 2 is 2.00 bits per heavy atom. The van der Waals surface area contributed by atoms with Gasteiger partial charge in [0.15, 0.2) is 5.82 Å². The highest BCUT2D eigenvalue weighted by atomic mass is 79.9. The summed E-state index contributed by atoms with van der Waals surface area (Å²) in [4.78, 5) is 4.54. The van der Waals surface area contributed by atoms with E-state index >= 15 is 0 Å². The molecule has 2 rings (SSSR count). The second-order valence-electron chi connectivity index (χ2n) is 5.26. The van der Waals surface area contributed by atoms with Gasteiger partial charge < -0.3 is 5.32 Å². The van der Waals surface area contributed by atoms with Gasteiger partial charge in [0.2, 0.25) is 5.13 Å². The number of aromatic nitrogens is 2. The third kappa shape index (κ3) is 3.29. The quantitative estimate of drug-likeness (QED) is 0.884. The van der Waals surface area contributed by atoms with Crippen molar-refractivity contribution < 1.29 is 0 Å². The number of rotatable bonds is 2. The molecular weight excluding hydrogens is 310 g/mol. The van der Waals surface area contributed by atoms with Gasteiger partial charge in [-0.05, 0) is 51.5 Å². The lowest BCUT2D eigenvalue weighted by Gasteiger charge is -2.18. The van der Waals surface area contributed by atoms with E-state index in [0.29, 0.717) is 0 Å². The van der Waals surface area contributed by atoms with Gasteiger partial charge in [0, 0.05) is 27.1 Å². The van der Waals surface area contributed by atoms with Crippen molar-refractivity contribution in [2.24, 2.45) is 0 Å². The van der Waals surface area contributed by atoms with Crippen molar-refractivity contribution in [3.8, 4) is 11.4 Å². The Morgan fingerprint density at radius 1 is 1.28 bits per heavy atom. The number of anilines is 1. The normalized spacial score (nSPS) is 11.6. The molecule has 0 saturated carbocycles. The highest BCUT2D eigenvalue weighted by Gasteiger charge is 2.14. The zero-order chi connectivity index (χ0) is 13.3. The first kappa shape index (κ1) is 13.5. The van der Waals surface area contributed by atoms with E-state index in [2.05, 4.69) is 64.4 Å². The van der Waals surface area contributed by atoms with Crippen LogP contribution in [0.1, 0.15) is 26.3 Å². The first-order valence-corrected chi connectivity index (χ1v) is 7.30. The summed E-state index contributed by atoms with van der Waals surface area (Å²) < 4.78 is 5.49. The molecule has 1 aromatic heterocycles. The fourth-order valence-corrected chi connectivity index (χ4v) is 2.85. The zero-order valence-electron chi connectivity index (χ0n) is 10.9. The summed E-state index contributed by atoms with van der Waals surface area (Å²) in [6.07, 6.45) is 0. The second kappa shape index (κ2) is 4.97. The molecule has 0 unspecified atom stereocenters. The third-order valence-corrected chi connectivity index (χ3v) is 3.46. The Kier molecular flexibility index (Phi) is 3.73. The average Bonchev–Trinajstić information content (AvgIpc) is 2.63. The van der Waals surface area contributed by atoms with Gasteiger partial charge in [-0.25, -0.2) is 0 Å². The maximum Gasteiger partial charge on any atom is 0.203 e. The molecule has 3 nitrogen and oxygen atoms in total. The zero-order valence-corrected chi connectivity index (χ0v) is 13.3. The van der Waals surface area contributed by atoms with Crippen molar-refractivity contribution in [1.82, 2.24) is 9.36 Å². The summed E-state index contributed by atoms with van der Waals surface area (Å²) in [5, 5.41) is 4.20. The van der Waals surface area contributed by atoms with Crippen LogP contribution < -0.4 is 5.32 Å². The first-order valence-electron chi connectivity index (χ1n) is 5.73. The lowest BCUT2D eigenvalue weighted by atomic mass is 10.1. The maximum absolute atomic E-state index is 4.54. The van der Waals surface area contributed by atoms with Crippen LogP contribution in [-0.4, -0.2) is 14.9 Å². The number of hydrogen-bond acceptors (Lipinski definition) is 4. The van der Waals surface area contributed by atoms with Crippen LogP contribution in [0.5, 0.6) is 0 Å². The largest absolute Gasteiger partial charge is 0.356 e. The molecule has 96 valence electrons. The molecule has 1 N–H and O–H groups in total. The van der Waals surface area contributed by atoms with Crippen molar-refractivity contribution in [1.29, 1.82) is 0 Å². The Labute approximate surface area is 120 Å². The predicted molar refractivity (Wildman–Crippen MR) is 81.2 cm³/mol. The van der Waals surface area contributed by atoms with E-state index < -0.39 is 0 Å². The molecule has 5 heteroatoms. The van der Waals surface area contributed by atoms with Gasteiger partial charge in [0.1, 0.15) is 0 Å². The SMILES string of the molecule is Cc1cc(Br)ccc1-c1nsc(NC(C)(C)C)n1. The van der Waals surface area contributed by atoms with Crippen LogP contribution in [0.15, 0.2) is 22.7 Å². The number of nitrogens with one attached hydrogen (secondary N) is 1. The topological polar surface area (TPSA) is 37.8 Å². The lowest BCUT2D eigenvalue weighted by Crippen LogP contribution is -2.25. The molecule has 0 aliphatic rings. The van der Waals surface area contributed by atoms with E-state index in [1.807, 2.05) is 12.1 Å². The summed E-state index contributed by atoms with van der Waals surface area (Å²) in [6.45, 7) is 8.40. The van der Waals surface area contributed by atoms with Crippen LogP contribution in [-0.2, 0) is 0 Å². The maximum atomic E-state index is 4.54. The second-order valence-corrected chi connectivity index (χ2v) is 6.92. The molecule has 0 amide bonds. The van der Waals surface area contributed by atoms with Gasteiger partial charge in [-0.3, -0.25) is 0 Å². The standard InChI is InChI=1S/C13H16BrN3S/c1-8-7-9(14)5-6-10(8)11-15-12(18-17-11)16-13(2,3)4/h5-7H,1-4H3,(H,15,16,17). The molecule has 2 aromatic rings. The molecule has 1 heterocycles. The average molecular weight is 326 g/mol. The van der Waals surface area contributed by atoms with Gasteiger partial charge in [0.25, 0.3) is 0 Å². The molecule has 0 radical (unpaired) electrons. The van der Waals surface area contributed by atoms with Crippen LogP contribution in [0.4, 0.5) is 5.13 Å². The summed E-state index contributed by atoms with van der Waals surface area (Å²) in [5.41, 5.74) is 2.26.